The maximum atomic E-state index is 11.8. The van der Waals surface area contributed by atoms with Gasteiger partial charge in [0.2, 0.25) is 0 Å². The van der Waals surface area contributed by atoms with Crippen molar-refractivity contribution in [1.29, 1.82) is 0 Å². The Morgan fingerprint density at radius 3 is 2.29 bits per heavy atom. The van der Waals surface area contributed by atoms with Crippen LogP contribution in [0.25, 0.3) is 11.1 Å². The van der Waals surface area contributed by atoms with E-state index in [4.69, 9.17) is 18.9 Å². The molecule has 0 radical (unpaired) electrons. The smallest absolute Gasteiger partial charge is 0.303 e. The van der Waals surface area contributed by atoms with E-state index in [9.17, 15) is 14.4 Å². The number of carbonyl (C=O) groups is 3. The quantitative estimate of drug-likeness (QED) is 0.486. The van der Waals surface area contributed by atoms with Gasteiger partial charge in [0.25, 0.3) is 0 Å². The Hall–Kier alpha value is -3.01. The summed E-state index contributed by atoms with van der Waals surface area (Å²) < 4.78 is 24.0. The van der Waals surface area contributed by atoms with Crippen LogP contribution in [0.3, 0.4) is 0 Å². The number of hydrogen-bond donors (Lipinski definition) is 0. The van der Waals surface area contributed by atoms with Crippen molar-refractivity contribution in [3.05, 3.63) is 36.7 Å². The van der Waals surface area contributed by atoms with Crippen molar-refractivity contribution in [3.8, 4) is 16.9 Å². The van der Waals surface area contributed by atoms with E-state index in [1.54, 1.807) is 16.9 Å². The molecule has 10 heteroatoms. The number of esters is 3. The van der Waals surface area contributed by atoms with Gasteiger partial charge >= 0.3 is 17.9 Å². The van der Waals surface area contributed by atoms with Gasteiger partial charge in [-0.25, -0.2) is 0 Å². The van der Waals surface area contributed by atoms with Crippen molar-refractivity contribution in [2.75, 3.05) is 5.75 Å². The minimum absolute atomic E-state index is 0.308. The number of benzene rings is 1. The van der Waals surface area contributed by atoms with Crippen molar-refractivity contribution < 1.29 is 33.3 Å². The number of hydrogen-bond acceptors (Lipinski definition) is 9. The van der Waals surface area contributed by atoms with Gasteiger partial charge in [-0.15, -0.1) is 11.8 Å². The Morgan fingerprint density at radius 1 is 1.00 bits per heavy atom. The van der Waals surface area contributed by atoms with Crippen LogP contribution in [-0.2, 0) is 35.6 Å². The molecule has 0 bridgehead atoms. The zero-order valence-corrected chi connectivity index (χ0v) is 18.5. The molecule has 1 fully saturated rings. The summed E-state index contributed by atoms with van der Waals surface area (Å²) in [6.07, 6.45) is 0.912. The molecule has 2 heterocycles. The van der Waals surface area contributed by atoms with Crippen LogP contribution in [0, 0.1) is 0 Å². The third-order valence-electron chi connectivity index (χ3n) is 4.43. The molecule has 0 saturated carbocycles. The summed E-state index contributed by atoms with van der Waals surface area (Å²) in [6.45, 7) is 3.76. The SMILES string of the molecule is CC(=O)O[C@@H]1[C@@H](OC(C)=O)[C@H](OC(C)=O)CS[C@H]1Oc1cccc(-c2cnn(C)c2)c1. The minimum Gasteiger partial charge on any atom is -0.476 e. The first-order valence-electron chi connectivity index (χ1n) is 9.62. The molecule has 0 N–H and O–H groups in total. The Labute approximate surface area is 184 Å². The maximum absolute atomic E-state index is 11.8. The van der Waals surface area contributed by atoms with Gasteiger partial charge in [0.1, 0.15) is 5.75 Å². The van der Waals surface area contributed by atoms with Crippen LogP contribution in [0.15, 0.2) is 36.7 Å². The van der Waals surface area contributed by atoms with E-state index in [-0.39, 0.29) is 0 Å². The lowest BCUT2D eigenvalue weighted by molar-refractivity contribution is -0.186. The van der Waals surface area contributed by atoms with Crippen LogP contribution in [0.2, 0.25) is 0 Å². The summed E-state index contributed by atoms with van der Waals surface area (Å²) in [4.78, 5) is 35.0. The fourth-order valence-corrected chi connectivity index (χ4v) is 4.48. The lowest BCUT2D eigenvalue weighted by Gasteiger charge is -2.39. The molecular formula is C21H24N2O7S. The monoisotopic (exact) mass is 448 g/mol. The van der Waals surface area contributed by atoms with Gasteiger partial charge < -0.3 is 18.9 Å². The van der Waals surface area contributed by atoms with E-state index in [1.165, 1.54) is 32.5 Å². The summed E-state index contributed by atoms with van der Waals surface area (Å²) in [5.74, 6) is -0.814. The van der Waals surface area contributed by atoms with Gasteiger partial charge in [-0.3, -0.25) is 19.1 Å². The topological polar surface area (TPSA) is 106 Å². The lowest BCUT2D eigenvalue weighted by Crippen LogP contribution is -2.55. The van der Waals surface area contributed by atoms with E-state index in [0.29, 0.717) is 11.5 Å². The minimum atomic E-state index is -0.988. The first kappa shape index (κ1) is 22.7. The Kier molecular flexibility index (Phi) is 7.21. The third-order valence-corrected chi connectivity index (χ3v) is 5.64. The van der Waals surface area contributed by atoms with Crippen molar-refractivity contribution in [2.45, 2.75) is 44.5 Å². The second kappa shape index (κ2) is 9.86. The van der Waals surface area contributed by atoms with Gasteiger partial charge in [-0.05, 0) is 17.7 Å². The van der Waals surface area contributed by atoms with Gasteiger partial charge in [-0.2, -0.15) is 5.10 Å². The number of thioether (sulfide) groups is 1. The molecule has 9 nitrogen and oxygen atoms in total. The van der Waals surface area contributed by atoms with E-state index in [2.05, 4.69) is 5.10 Å². The second-order valence-corrected chi connectivity index (χ2v) is 8.18. The highest BCUT2D eigenvalue weighted by molar-refractivity contribution is 7.99. The molecule has 0 aliphatic carbocycles. The fraction of sp³-hybridized carbons (Fsp3) is 0.429. The van der Waals surface area contributed by atoms with Crippen LogP contribution in [0.5, 0.6) is 5.75 Å². The number of ether oxygens (including phenoxy) is 4. The van der Waals surface area contributed by atoms with Gasteiger partial charge in [0.15, 0.2) is 23.7 Å². The van der Waals surface area contributed by atoms with Crippen LogP contribution < -0.4 is 4.74 Å². The average Bonchev–Trinajstić information content (AvgIpc) is 3.12. The molecule has 166 valence electrons. The van der Waals surface area contributed by atoms with Crippen molar-refractivity contribution in [3.63, 3.8) is 0 Å². The third kappa shape index (κ3) is 6.00. The molecule has 1 aliphatic heterocycles. The lowest BCUT2D eigenvalue weighted by atomic mass is 10.1. The Balaban J connectivity index is 1.85. The van der Waals surface area contributed by atoms with Gasteiger partial charge in [0, 0.05) is 45.3 Å². The highest BCUT2D eigenvalue weighted by Crippen LogP contribution is 2.35. The molecule has 4 atom stereocenters. The molecule has 0 unspecified atom stereocenters. The summed E-state index contributed by atoms with van der Waals surface area (Å²) in [5.41, 5.74) is 1.16. The van der Waals surface area contributed by atoms with E-state index < -0.39 is 41.7 Å². The van der Waals surface area contributed by atoms with E-state index >= 15 is 0 Å². The Morgan fingerprint density at radius 2 is 1.68 bits per heavy atom. The van der Waals surface area contributed by atoms with Crippen LogP contribution in [0.1, 0.15) is 20.8 Å². The predicted molar refractivity (Wildman–Crippen MR) is 112 cm³/mol. The summed E-state index contributed by atoms with van der Waals surface area (Å²) in [6, 6.07) is 7.41. The van der Waals surface area contributed by atoms with Crippen LogP contribution in [0.4, 0.5) is 0 Å². The predicted octanol–water partition coefficient (Wildman–Crippen LogP) is 2.33. The number of aryl methyl sites for hydroxylation is 1. The molecule has 1 aromatic heterocycles. The van der Waals surface area contributed by atoms with Crippen molar-refractivity contribution in [2.24, 2.45) is 7.05 Å². The maximum Gasteiger partial charge on any atom is 0.303 e. The molecule has 0 amide bonds. The average molecular weight is 448 g/mol. The first-order valence-corrected chi connectivity index (χ1v) is 10.7. The zero-order valence-electron chi connectivity index (χ0n) is 17.6. The van der Waals surface area contributed by atoms with Gasteiger partial charge in [0.05, 0.1) is 6.20 Å². The molecule has 1 saturated heterocycles. The van der Waals surface area contributed by atoms with Crippen LogP contribution >= 0.6 is 11.8 Å². The highest BCUT2D eigenvalue weighted by Gasteiger charge is 2.47. The van der Waals surface area contributed by atoms with Crippen LogP contribution in [-0.4, -0.2) is 57.2 Å². The largest absolute Gasteiger partial charge is 0.476 e. The molecule has 1 aromatic carbocycles. The number of nitrogens with zero attached hydrogens (tertiary/aromatic N) is 2. The van der Waals surface area contributed by atoms with E-state index in [0.717, 1.165) is 11.1 Å². The molecule has 3 rings (SSSR count). The molecular weight excluding hydrogens is 424 g/mol. The Bertz CT molecular complexity index is 961. The van der Waals surface area contributed by atoms with E-state index in [1.807, 2.05) is 31.4 Å². The molecule has 0 spiro atoms. The molecule has 31 heavy (non-hydrogen) atoms. The zero-order chi connectivity index (χ0) is 22.5. The van der Waals surface area contributed by atoms with Gasteiger partial charge in [-0.1, -0.05) is 12.1 Å². The number of rotatable bonds is 6. The normalized spacial score (nSPS) is 23.0. The summed E-state index contributed by atoms with van der Waals surface area (Å²) >= 11 is 1.31. The second-order valence-electron chi connectivity index (χ2n) is 7.05. The molecule has 2 aromatic rings. The van der Waals surface area contributed by atoms with Crippen molar-refractivity contribution >= 4 is 29.7 Å². The highest BCUT2D eigenvalue weighted by atomic mass is 32.2. The first-order chi connectivity index (χ1) is 14.7. The van der Waals surface area contributed by atoms with Crippen molar-refractivity contribution in [1.82, 2.24) is 9.78 Å². The summed E-state index contributed by atoms with van der Waals surface area (Å²) in [7, 11) is 1.83. The number of carbonyl (C=O) groups excluding carboxylic acids is 3. The summed E-state index contributed by atoms with van der Waals surface area (Å²) in [5, 5.41) is 4.18. The molecule has 1 aliphatic rings. The number of aromatic nitrogens is 2. The fourth-order valence-electron chi connectivity index (χ4n) is 3.26. The standard InChI is InChI=1S/C21H24N2O7S/c1-12(24)27-18-11-31-21(20(29-14(3)26)19(18)28-13(2)25)30-17-7-5-6-15(8-17)16-9-22-23(4)10-16/h5-10,18-21H,11H2,1-4H3/t18-,19+,20-,21-/m1/s1.